The predicted octanol–water partition coefficient (Wildman–Crippen LogP) is 2.72. The highest BCUT2D eigenvalue weighted by molar-refractivity contribution is 6.13. The normalized spacial score (nSPS) is 20.0. The maximum absolute atomic E-state index is 12.8. The fraction of sp³-hybridized carbons (Fsp3) is 0.345. The standard InChI is InChI=1S/C29H28N8O5/c1-15-5-6-30-26(31-15)20-10-21(20)28(40)34-23-8-19(38)9-24(33-23)42-14-18-12-36-11-17(16-3-4-16)7-22(27(36)32-18)37-13-25(39)35(2)29(37)41/h5-9,11-12,16,20-21H,3-4,10,13-14H2,1-2H3,(H2,33,34,38,40). The molecule has 2 N–H and O–H groups in total. The van der Waals surface area contributed by atoms with Crippen LogP contribution in [0.25, 0.3) is 5.65 Å². The number of aromatic amines is 1. The molecule has 2 atom stereocenters. The van der Waals surface area contributed by atoms with Crippen LogP contribution in [0.5, 0.6) is 5.88 Å². The molecule has 2 saturated carbocycles. The number of imide groups is 1. The number of anilines is 2. The number of hydrogen-bond acceptors (Lipinski definition) is 8. The molecule has 7 rings (SSSR count). The van der Waals surface area contributed by atoms with Gasteiger partial charge in [-0.05, 0) is 49.8 Å². The van der Waals surface area contributed by atoms with Crippen LogP contribution in [0.3, 0.4) is 0 Å². The highest BCUT2D eigenvalue weighted by atomic mass is 16.5. The highest BCUT2D eigenvalue weighted by Gasteiger charge is 2.46. The molecule has 4 amide bonds. The van der Waals surface area contributed by atoms with Crippen LogP contribution >= 0.6 is 0 Å². The number of hydrogen-bond donors (Lipinski definition) is 2. The van der Waals surface area contributed by atoms with E-state index < -0.39 is 6.03 Å². The average Bonchev–Trinajstić information content (AvgIpc) is 3.88. The zero-order chi connectivity index (χ0) is 29.1. The Morgan fingerprint density at radius 2 is 1.98 bits per heavy atom. The number of fused-ring (bicyclic) bond motifs is 1. The van der Waals surface area contributed by atoms with Crippen molar-refractivity contribution in [1.29, 1.82) is 0 Å². The molecule has 214 valence electrons. The van der Waals surface area contributed by atoms with Crippen LogP contribution in [0.4, 0.5) is 16.3 Å². The van der Waals surface area contributed by atoms with E-state index in [1.54, 1.807) is 12.4 Å². The largest absolute Gasteiger partial charge is 0.472 e. The Morgan fingerprint density at radius 3 is 2.71 bits per heavy atom. The SMILES string of the molecule is Cc1ccnc(C2CC2C(=O)Nc2cc(=O)cc(OCc3cn4cc(C5CC5)cc(N5CC(=O)N(C)C5=O)c4n3)[nH]2)n1. The summed E-state index contributed by atoms with van der Waals surface area (Å²) in [5.41, 5.74) is 3.25. The lowest BCUT2D eigenvalue weighted by Gasteiger charge is -2.17. The second kappa shape index (κ2) is 9.79. The minimum absolute atomic E-state index is 0.0232. The molecule has 4 aromatic heterocycles. The molecule has 3 aliphatic rings. The van der Waals surface area contributed by atoms with E-state index in [1.165, 1.54) is 24.1 Å². The Balaban J connectivity index is 1.07. The number of imidazole rings is 1. The number of H-pyrrole nitrogens is 1. The Kier molecular flexibility index (Phi) is 6.03. The van der Waals surface area contributed by atoms with Crippen LogP contribution < -0.4 is 20.4 Å². The van der Waals surface area contributed by atoms with Gasteiger partial charge >= 0.3 is 6.03 Å². The monoisotopic (exact) mass is 568 g/mol. The van der Waals surface area contributed by atoms with Crippen LogP contribution in [-0.2, 0) is 16.2 Å². The van der Waals surface area contributed by atoms with Gasteiger partial charge in [0.05, 0.1) is 11.4 Å². The number of likely N-dealkylation sites (N-methyl/N-ethyl adjacent to an activating group) is 1. The quantitative estimate of drug-likeness (QED) is 0.308. The lowest BCUT2D eigenvalue weighted by atomic mass is 10.1. The summed E-state index contributed by atoms with van der Waals surface area (Å²) < 4.78 is 7.72. The molecule has 2 aliphatic carbocycles. The van der Waals surface area contributed by atoms with Gasteiger partial charge in [-0.15, -0.1) is 0 Å². The number of carbonyl (C=O) groups is 3. The topological polar surface area (TPSA) is 155 Å². The highest BCUT2D eigenvalue weighted by Crippen LogP contribution is 2.46. The Labute approximate surface area is 239 Å². The first-order valence-electron chi connectivity index (χ1n) is 13.8. The minimum Gasteiger partial charge on any atom is -0.472 e. The molecular formula is C29H28N8O5. The second-order valence-electron chi connectivity index (χ2n) is 11.1. The molecule has 5 heterocycles. The zero-order valence-corrected chi connectivity index (χ0v) is 23.0. The summed E-state index contributed by atoms with van der Waals surface area (Å²) in [6.45, 7) is 1.86. The Hall–Kier alpha value is -5.07. The summed E-state index contributed by atoms with van der Waals surface area (Å²) in [5, 5.41) is 2.77. The third kappa shape index (κ3) is 4.86. The number of amides is 4. The van der Waals surface area contributed by atoms with Gasteiger partial charge < -0.3 is 19.4 Å². The molecule has 0 bridgehead atoms. The minimum atomic E-state index is -0.393. The molecule has 42 heavy (non-hydrogen) atoms. The third-order valence-corrected chi connectivity index (χ3v) is 7.85. The van der Waals surface area contributed by atoms with Crippen molar-refractivity contribution in [2.75, 3.05) is 23.8 Å². The van der Waals surface area contributed by atoms with E-state index in [2.05, 4.69) is 25.3 Å². The van der Waals surface area contributed by atoms with Crippen molar-refractivity contribution in [3.8, 4) is 5.88 Å². The summed E-state index contributed by atoms with van der Waals surface area (Å²) in [5.74, 6) is 0.638. The molecule has 1 aliphatic heterocycles. The van der Waals surface area contributed by atoms with Gasteiger partial charge in [-0.1, -0.05) is 0 Å². The van der Waals surface area contributed by atoms with Crippen molar-refractivity contribution < 1.29 is 19.1 Å². The number of ether oxygens (including phenoxy) is 1. The maximum atomic E-state index is 12.8. The van der Waals surface area contributed by atoms with E-state index in [-0.39, 0.29) is 53.9 Å². The van der Waals surface area contributed by atoms with Gasteiger partial charge in [0.2, 0.25) is 11.8 Å². The molecule has 0 radical (unpaired) electrons. The van der Waals surface area contributed by atoms with Crippen molar-refractivity contribution in [2.45, 2.75) is 44.6 Å². The first kappa shape index (κ1) is 25.9. The van der Waals surface area contributed by atoms with Crippen molar-refractivity contribution in [1.82, 2.24) is 29.2 Å². The van der Waals surface area contributed by atoms with Gasteiger partial charge in [0.15, 0.2) is 17.0 Å². The van der Waals surface area contributed by atoms with E-state index in [4.69, 9.17) is 4.74 Å². The van der Waals surface area contributed by atoms with Crippen LogP contribution in [0.15, 0.2) is 47.7 Å². The maximum Gasteiger partial charge on any atom is 0.331 e. The Bertz CT molecular complexity index is 1830. The van der Waals surface area contributed by atoms with Crippen LogP contribution in [0.1, 0.15) is 53.9 Å². The number of aryl methyl sites for hydroxylation is 1. The van der Waals surface area contributed by atoms with E-state index in [0.717, 1.165) is 29.0 Å². The molecule has 0 spiro atoms. The molecule has 3 fully saturated rings. The molecule has 0 aromatic carbocycles. The third-order valence-electron chi connectivity index (χ3n) is 7.85. The smallest absolute Gasteiger partial charge is 0.331 e. The fourth-order valence-electron chi connectivity index (χ4n) is 5.30. The van der Waals surface area contributed by atoms with Gasteiger partial charge in [0.1, 0.15) is 24.8 Å². The first-order valence-corrected chi connectivity index (χ1v) is 13.8. The molecule has 13 heteroatoms. The number of pyridine rings is 2. The van der Waals surface area contributed by atoms with Crippen molar-refractivity contribution in [3.05, 3.63) is 75.9 Å². The molecule has 4 aromatic rings. The fourth-order valence-corrected chi connectivity index (χ4v) is 5.30. The van der Waals surface area contributed by atoms with Crippen LogP contribution in [-0.4, -0.2) is 60.7 Å². The molecule has 2 unspecified atom stereocenters. The van der Waals surface area contributed by atoms with Crippen LogP contribution in [0, 0.1) is 12.8 Å². The van der Waals surface area contributed by atoms with Gasteiger partial charge in [-0.3, -0.25) is 24.2 Å². The second-order valence-corrected chi connectivity index (χ2v) is 11.1. The lowest BCUT2D eigenvalue weighted by Crippen LogP contribution is -2.30. The molecule has 13 nitrogen and oxygen atoms in total. The number of aromatic nitrogens is 5. The number of nitrogens with zero attached hydrogens (tertiary/aromatic N) is 6. The predicted molar refractivity (Wildman–Crippen MR) is 150 cm³/mol. The van der Waals surface area contributed by atoms with Crippen molar-refractivity contribution >= 4 is 35.0 Å². The van der Waals surface area contributed by atoms with Gasteiger partial charge in [-0.2, -0.15) is 0 Å². The summed E-state index contributed by atoms with van der Waals surface area (Å²) in [6.07, 6.45) is 8.27. The lowest BCUT2D eigenvalue weighted by molar-refractivity contribution is -0.124. The van der Waals surface area contributed by atoms with Gasteiger partial charge in [-0.25, -0.2) is 19.7 Å². The van der Waals surface area contributed by atoms with Gasteiger partial charge in [0, 0.05) is 55.3 Å². The number of rotatable bonds is 8. The molecule has 1 saturated heterocycles. The summed E-state index contributed by atoms with van der Waals surface area (Å²) in [7, 11) is 1.47. The van der Waals surface area contributed by atoms with E-state index in [1.807, 2.05) is 29.7 Å². The summed E-state index contributed by atoms with van der Waals surface area (Å²) >= 11 is 0. The van der Waals surface area contributed by atoms with E-state index in [9.17, 15) is 19.2 Å². The first-order chi connectivity index (χ1) is 20.2. The number of urea groups is 1. The Morgan fingerprint density at radius 1 is 1.14 bits per heavy atom. The zero-order valence-electron chi connectivity index (χ0n) is 23.0. The molecular weight excluding hydrogens is 540 g/mol. The van der Waals surface area contributed by atoms with E-state index in [0.29, 0.717) is 35.2 Å². The van der Waals surface area contributed by atoms with Gasteiger partial charge in [0.25, 0.3) is 0 Å². The van der Waals surface area contributed by atoms with Crippen LogP contribution in [0.2, 0.25) is 0 Å². The van der Waals surface area contributed by atoms with E-state index >= 15 is 0 Å². The number of nitrogens with one attached hydrogen (secondary N) is 2. The van der Waals surface area contributed by atoms with Crippen molar-refractivity contribution in [3.63, 3.8) is 0 Å². The summed E-state index contributed by atoms with van der Waals surface area (Å²) in [6, 6.07) is 5.95. The number of carbonyl (C=O) groups excluding carboxylic acids is 3. The van der Waals surface area contributed by atoms with Crippen molar-refractivity contribution in [2.24, 2.45) is 5.92 Å². The summed E-state index contributed by atoms with van der Waals surface area (Å²) in [4.78, 5) is 69.1. The average molecular weight is 569 g/mol.